The molecule has 4 aromatic rings. The van der Waals surface area contributed by atoms with Crippen LogP contribution in [-0.4, -0.2) is 36.4 Å². The average Bonchev–Trinajstić information content (AvgIpc) is 3.49. The standard InChI is InChI=1S/C21H21F2N7O2S/c1-4-29-8-11(7-25-29)20(32)27-16-15-12(13-9-30(5-2)28-10(13)3)6-14(18(22)23)26-21(15)33-17(16)19(24)31/h6-9,18H,4-5H2,1-3H3,(H2,24,31)(H,27,32). The van der Waals surface area contributed by atoms with Gasteiger partial charge in [-0.1, -0.05) is 0 Å². The van der Waals surface area contributed by atoms with Crippen LogP contribution in [0.4, 0.5) is 14.5 Å². The van der Waals surface area contributed by atoms with E-state index in [-0.39, 0.29) is 21.0 Å². The molecule has 4 aromatic heterocycles. The molecule has 2 amide bonds. The Hall–Kier alpha value is -3.67. The third-order valence-electron chi connectivity index (χ3n) is 5.15. The van der Waals surface area contributed by atoms with Crippen molar-refractivity contribution in [3.63, 3.8) is 0 Å². The van der Waals surface area contributed by atoms with Crippen LogP contribution in [0.3, 0.4) is 0 Å². The van der Waals surface area contributed by atoms with Gasteiger partial charge in [-0.25, -0.2) is 13.8 Å². The van der Waals surface area contributed by atoms with Crippen molar-refractivity contribution in [1.29, 1.82) is 0 Å². The van der Waals surface area contributed by atoms with Crippen LogP contribution in [0.25, 0.3) is 21.3 Å². The molecule has 0 atom stereocenters. The van der Waals surface area contributed by atoms with Crippen molar-refractivity contribution in [2.45, 2.75) is 40.3 Å². The van der Waals surface area contributed by atoms with Crippen LogP contribution in [0, 0.1) is 6.92 Å². The fourth-order valence-electron chi connectivity index (χ4n) is 3.52. The number of nitrogens with one attached hydrogen (secondary N) is 1. The SMILES string of the molecule is CCn1cc(C(=O)Nc2c(C(N)=O)sc3nc(C(F)F)cc(-c4cn(CC)nc4C)c23)cn1. The maximum atomic E-state index is 13.6. The molecule has 0 aliphatic heterocycles. The molecular formula is C21H21F2N7O2S. The molecule has 12 heteroatoms. The number of anilines is 1. The van der Waals surface area contributed by atoms with E-state index in [1.807, 2.05) is 13.8 Å². The molecule has 4 heterocycles. The summed E-state index contributed by atoms with van der Waals surface area (Å²) in [7, 11) is 0. The Morgan fingerprint density at radius 1 is 1.18 bits per heavy atom. The number of pyridine rings is 1. The van der Waals surface area contributed by atoms with Gasteiger partial charge in [-0.15, -0.1) is 11.3 Å². The van der Waals surface area contributed by atoms with E-state index < -0.39 is 23.9 Å². The van der Waals surface area contributed by atoms with Gasteiger partial charge >= 0.3 is 0 Å². The summed E-state index contributed by atoms with van der Waals surface area (Å²) in [6.07, 6.45) is 1.88. The number of nitrogens with two attached hydrogens (primary N) is 1. The monoisotopic (exact) mass is 473 g/mol. The average molecular weight is 474 g/mol. The Labute approximate surface area is 191 Å². The van der Waals surface area contributed by atoms with E-state index in [2.05, 4.69) is 20.5 Å². The minimum atomic E-state index is -2.83. The quantitative estimate of drug-likeness (QED) is 0.420. The van der Waals surface area contributed by atoms with Crippen LogP contribution in [0.15, 0.2) is 24.7 Å². The van der Waals surface area contributed by atoms with E-state index in [0.29, 0.717) is 35.3 Å². The first-order chi connectivity index (χ1) is 15.7. The number of alkyl halides is 2. The fourth-order valence-corrected chi connectivity index (χ4v) is 4.53. The van der Waals surface area contributed by atoms with Crippen LogP contribution in [-0.2, 0) is 13.1 Å². The second-order valence-electron chi connectivity index (χ2n) is 7.27. The number of primary amides is 1. The third kappa shape index (κ3) is 4.09. The Morgan fingerprint density at radius 2 is 1.91 bits per heavy atom. The first-order valence-electron chi connectivity index (χ1n) is 10.2. The van der Waals surface area contributed by atoms with E-state index >= 15 is 0 Å². The van der Waals surface area contributed by atoms with E-state index in [1.165, 1.54) is 12.3 Å². The molecule has 0 saturated carbocycles. The van der Waals surface area contributed by atoms with Crippen molar-refractivity contribution in [2.24, 2.45) is 5.73 Å². The van der Waals surface area contributed by atoms with Gasteiger partial charge in [0.1, 0.15) is 15.4 Å². The van der Waals surface area contributed by atoms with Crippen LogP contribution in [0.1, 0.15) is 51.7 Å². The lowest BCUT2D eigenvalue weighted by molar-refractivity contribution is 0.100. The summed E-state index contributed by atoms with van der Waals surface area (Å²) in [5.74, 6) is -1.31. The van der Waals surface area contributed by atoms with Gasteiger partial charge in [-0.2, -0.15) is 10.2 Å². The Bertz CT molecular complexity index is 1370. The molecule has 0 bridgehead atoms. The number of aryl methyl sites for hydroxylation is 3. The molecule has 33 heavy (non-hydrogen) atoms. The van der Waals surface area contributed by atoms with Crippen LogP contribution < -0.4 is 11.1 Å². The second-order valence-corrected chi connectivity index (χ2v) is 8.27. The van der Waals surface area contributed by atoms with Gasteiger partial charge < -0.3 is 11.1 Å². The van der Waals surface area contributed by atoms with E-state index in [4.69, 9.17) is 5.73 Å². The number of rotatable bonds is 7. The predicted octanol–water partition coefficient (Wildman–Crippen LogP) is 3.99. The molecule has 9 nitrogen and oxygen atoms in total. The Kier molecular flexibility index (Phi) is 5.93. The zero-order valence-electron chi connectivity index (χ0n) is 18.1. The molecule has 0 aliphatic rings. The number of halogens is 2. The van der Waals surface area contributed by atoms with Crippen molar-refractivity contribution < 1.29 is 18.4 Å². The highest BCUT2D eigenvalue weighted by atomic mass is 32.1. The van der Waals surface area contributed by atoms with Gasteiger partial charge in [0.05, 0.1) is 23.1 Å². The highest BCUT2D eigenvalue weighted by Gasteiger charge is 2.26. The molecule has 0 aromatic carbocycles. The van der Waals surface area contributed by atoms with Gasteiger partial charge in [-0.05, 0) is 32.4 Å². The molecule has 3 N–H and O–H groups in total. The zero-order chi connectivity index (χ0) is 23.9. The molecular weight excluding hydrogens is 452 g/mol. The molecule has 0 radical (unpaired) electrons. The van der Waals surface area contributed by atoms with Gasteiger partial charge in [-0.3, -0.25) is 19.0 Å². The maximum absolute atomic E-state index is 13.6. The first kappa shape index (κ1) is 22.5. The summed E-state index contributed by atoms with van der Waals surface area (Å²) < 4.78 is 30.6. The number of amides is 2. The number of thiophene rings is 1. The van der Waals surface area contributed by atoms with Crippen LogP contribution in [0.2, 0.25) is 0 Å². The second kappa shape index (κ2) is 8.70. The van der Waals surface area contributed by atoms with E-state index in [9.17, 15) is 18.4 Å². The van der Waals surface area contributed by atoms with Crippen molar-refractivity contribution >= 4 is 39.1 Å². The minimum absolute atomic E-state index is 0.0157. The number of nitrogens with zero attached hydrogens (tertiary/aromatic N) is 5. The summed E-state index contributed by atoms with van der Waals surface area (Å²) in [6.45, 7) is 6.70. The van der Waals surface area contributed by atoms with Crippen molar-refractivity contribution in [3.05, 3.63) is 46.5 Å². The normalized spacial score (nSPS) is 11.5. The largest absolute Gasteiger partial charge is 0.365 e. The van der Waals surface area contributed by atoms with Crippen LogP contribution in [0.5, 0.6) is 0 Å². The summed E-state index contributed by atoms with van der Waals surface area (Å²) in [4.78, 5) is 29.4. The number of hydrogen-bond acceptors (Lipinski definition) is 6. The van der Waals surface area contributed by atoms with Gasteiger partial charge in [0.25, 0.3) is 18.2 Å². The van der Waals surface area contributed by atoms with Crippen molar-refractivity contribution in [3.8, 4) is 11.1 Å². The lowest BCUT2D eigenvalue weighted by atomic mass is 10.0. The van der Waals surface area contributed by atoms with Crippen molar-refractivity contribution in [2.75, 3.05) is 5.32 Å². The molecule has 172 valence electrons. The van der Waals surface area contributed by atoms with E-state index in [0.717, 1.165) is 11.3 Å². The smallest absolute Gasteiger partial charge is 0.280 e. The minimum Gasteiger partial charge on any atom is -0.365 e. The number of carbonyl (C=O) groups excluding carboxylic acids is 2. The number of carbonyl (C=O) groups is 2. The predicted molar refractivity (Wildman–Crippen MR) is 121 cm³/mol. The fraction of sp³-hybridized carbons (Fsp3) is 0.286. The molecule has 4 rings (SSSR count). The first-order valence-corrected chi connectivity index (χ1v) is 11.0. The summed E-state index contributed by atoms with van der Waals surface area (Å²) in [5, 5.41) is 11.6. The molecule has 0 spiro atoms. The Morgan fingerprint density at radius 3 is 2.48 bits per heavy atom. The zero-order valence-corrected chi connectivity index (χ0v) is 18.9. The van der Waals surface area contributed by atoms with Gasteiger partial charge in [0.2, 0.25) is 0 Å². The maximum Gasteiger partial charge on any atom is 0.280 e. The van der Waals surface area contributed by atoms with E-state index in [1.54, 1.807) is 28.7 Å². The summed E-state index contributed by atoms with van der Waals surface area (Å²) in [6, 6.07) is 1.26. The molecule has 0 unspecified atom stereocenters. The highest BCUT2D eigenvalue weighted by molar-refractivity contribution is 7.21. The number of hydrogen-bond donors (Lipinski definition) is 2. The van der Waals surface area contributed by atoms with Gasteiger partial charge in [0.15, 0.2) is 0 Å². The van der Waals surface area contributed by atoms with Crippen molar-refractivity contribution in [1.82, 2.24) is 24.5 Å². The lowest BCUT2D eigenvalue weighted by Crippen LogP contribution is -2.16. The molecule has 0 fully saturated rings. The summed E-state index contributed by atoms with van der Waals surface area (Å²) >= 11 is 0.856. The number of aromatic nitrogens is 5. The number of fused-ring (bicyclic) bond motifs is 1. The summed E-state index contributed by atoms with van der Waals surface area (Å²) in [5.41, 5.74) is 7.12. The molecule has 0 aliphatic carbocycles. The third-order valence-corrected chi connectivity index (χ3v) is 6.25. The van der Waals surface area contributed by atoms with Gasteiger partial charge in [0, 0.05) is 36.4 Å². The lowest BCUT2D eigenvalue weighted by Gasteiger charge is -2.10. The highest BCUT2D eigenvalue weighted by Crippen LogP contribution is 2.43. The topological polar surface area (TPSA) is 121 Å². The van der Waals surface area contributed by atoms with Crippen LogP contribution >= 0.6 is 11.3 Å². The molecule has 0 saturated heterocycles. The Balaban J connectivity index is 1.96.